The molecule has 4 heteroatoms. The average Bonchev–Trinajstić information content (AvgIpc) is 2.84. The molecule has 0 aromatic heterocycles. The zero-order chi connectivity index (χ0) is 12.1. The molecule has 2 N–H and O–H groups in total. The van der Waals surface area contributed by atoms with Gasteiger partial charge >= 0.3 is 0 Å². The van der Waals surface area contributed by atoms with Crippen molar-refractivity contribution < 1.29 is 0 Å². The van der Waals surface area contributed by atoms with E-state index in [4.69, 9.17) is 5.26 Å². The van der Waals surface area contributed by atoms with Crippen molar-refractivity contribution in [3.8, 4) is 6.07 Å². The van der Waals surface area contributed by atoms with Gasteiger partial charge in [-0.15, -0.1) is 0 Å². The van der Waals surface area contributed by atoms with Crippen molar-refractivity contribution in [2.45, 2.75) is 12.8 Å². The Kier molecular flexibility index (Phi) is 4.41. The summed E-state index contributed by atoms with van der Waals surface area (Å²) in [6, 6.07) is 7.77. The van der Waals surface area contributed by atoms with Crippen molar-refractivity contribution >= 4 is 21.6 Å². The monoisotopic (exact) mass is 293 g/mol. The minimum atomic E-state index is 0.683. The molecule has 1 saturated heterocycles. The molecule has 3 nitrogen and oxygen atoms in total. The number of nitrogens with zero attached hydrogens (tertiary/aromatic N) is 1. The lowest BCUT2D eigenvalue weighted by molar-refractivity contribution is 0.549. The first-order valence-corrected chi connectivity index (χ1v) is 6.73. The fourth-order valence-electron chi connectivity index (χ4n) is 2.10. The van der Waals surface area contributed by atoms with E-state index >= 15 is 0 Å². The van der Waals surface area contributed by atoms with Crippen molar-refractivity contribution in [2.75, 3.05) is 25.0 Å². The van der Waals surface area contributed by atoms with Gasteiger partial charge in [-0.3, -0.25) is 0 Å². The molecule has 0 aliphatic carbocycles. The summed E-state index contributed by atoms with van der Waals surface area (Å²) in [5.74, 6) is 0.805. The summed E-state index contributed by atoms with van der Waals surface area (Å²) in [6.07, 6.45) is 2.48. The molecule has 1 unspecified atom stereocenters. The highest BCUT2D eigenvalue weighted by Crippen LogP contribution is 2.23. The number of halogens is 1. The van der Waals surface area contributed by atoms with Crippen LogP contribution in [-0.4, -0.2) is 19.6 Å². The van der Waals surface area contributed by atoms with Crippen LogP contribution in [0.4, 0.5) is 5.69 Å². The van der Waals surface area contributed by atoms with Crippen molar-refractivity contribution in [3.05, 3.63) is 28.2 Å². The van der Waals surface area contributed by atoms with Crippen LogP contribution in [-0.2, 0) is 0 Å². The first-order chi connectivity index (χ1) is 8.29. The summed E-state index contributed by atoms with van der Waals surface area (Å²) in [5.41, 5.74) is 1.75. The number of hydrogen-bond acceptors (Lipinski definition) is 3. The lowest BCUT2D eigenvalue weighted by Gasteiger charge is -2.11. The Hall–Kier alpha value is -1.05. The van der Waals surface area contributed by atoms with Gasteiger partial charge < -0.3 is 10.6 Å². The molecule has 0 spiro atoms. The molecule has 1 atom stereocenters. The first-order valence-electron chi connectivity index (χ1n) is 5.94. The van der Waals surface area contributed by atoms with Gasteiger partial charge in [0, 0.05) is 16.7 Å². The molecule has 1 aliphatic heterocycles. The Morgan fingerprint density at radius 2 is 2.41 bits per heavy atom. The van der Waals surface area contributed by atoms with E-state index in [9.17, 15) is 0 Å². The standard InChI is InChI=1S/C13H16BrN3/c14-12-7-11(8-15)1-2-13(12)17-6-4-10-3-5-16-9-10/h1-2,7,10,16-17H,3-6,9H2. The molecule has 0 radical (unpaired) electrons. The fraction of sp³-hybridized carbons (Fsp3) is 0.462. The molecular formula is C13H16BrN3. The van der Waals surface area contributed by atoms with E-state index in [0.29, 0.717) is 5.56 Å². The van der Waals surface area contributed by atoms with Gasteiger partial charge in [0.2, 0.25) is 0 Å². The summed E-state index contributed by atoms with van der Waals surface area (Å²) < 4.78 is 0.959. The summed E-state index contributed by atoms with van der Waals surface area (Å²) in [4.78, 5) is 0. The number of nitrogens with one attached hydrogen (secondary N) is 2. The zero-order valence-corrected chi connectivity index (χ0v) is 11.3. The highest BCUT2D eigenvalue weighted by molar-refractivity contribution is 9.10. The maximum atomic E-state index is 8.77. The lowest BCUT2D eigenvalue weighted by Crippen LogP contribution is -2.12. The number of anilines is 1. The van der Waals surface area contributed by atoms with E-state index in [1.807, 2.05) is 18.2 Å². The lowest BCUT2D eigenvalue weighted by atomic mass is 10.1. The quantitative estimate of drug-likeness (QED) is 0.897. The molecule has 17 heavy (non-hydrogen) atoms. The van der Waals surface area contributed by atoms with Gasteiger partial charge in [0.1, 0.15) is 0 Å². The average molecular weight is 294 g/mol. The Labute approximate surface area is 110 Å². The van der Waals surface area contributed by atoms with E-state index < -0.39 is 0 Å². The predicted octanol–water partition coefficient (Wildman–Crippen LogP) is 2.73. The highest BCUT2D eigenvalue weighted by Gasteiger charge is 2.13. The third-order valence-electron chi connectivity index (χ3n) is 3.13. The molecule has 1 aliphatic rings. The van der Waals surface area contributed by atoms with Crippen LogP contribution in [0.2, 0.25) is 0 Å². The number of benzene rings is 1. The Balaban J connectivity index is 1.84. The maximum Gasteiger partial charge on any atom is 0.0992 e. The van der Waals surface area contributed by atoms with Crippen molar-refractivity contribution in [1.29, 1.82) is 5.26 Å². The van der Waals surface area contributed by atoms with Crippen LogP contribution >= 0.6 is 15.9 Å². The Morgan fingerprint density at radius 1 is 1.53 bits per heavy atom. The van der Waals surface area contributed by atoms with Crippen LogP contribution in [0.1, 0.15) is 18.4 Å². The number of rotatable bonds is 4. The van der Waals surface area contributed by atoms with Crippen LogP contribution in [0.5, 0.6) is 0 Å². The summed E-state index contributed by atoms with van der Waals surface area (Å²) in [7, 11) is 0. The molecule has 1 fully saturated rings. The summed E-state index contributed by atoms with van der Waals surface area (Å²) in [6.45, 7) is 3.29. The molecule has 0 amide bonds. The molecule has 0 saturated carbocycles. The van der Waals surface area contributed by atoms with Crippen LogP contribution in [0.25, 0.3) is 0 Å². The number of hydrogen-bond donors (Lipinski definition) is 2. The smallest absolute Gasteiger partial charge is 0.0992 e. The molecule has 1 heterocycles. The molecule has 1 aromatic rings. The van der Waals surface area contributed by atoms with E-state index in [-0.39, 0.29) is 0 Å². The second-order valence-corrected chi connectivity index (χ2v) is 5.24. The van der Waals surface area contributed by atoms with Crippen LogP contribution in [0, 0.1) is 17.2 Å². The largest absolute Gasteiger partial charge is 0.384 e. The predicted molar refractivity (Wildman–Crippen MR) is 72.9 cm³/mol. The molecular weight excluding hydrogens is 278 g/mol. The highest BCUT2D eigenvalue weighted by atomic mass is 79.9. The topological polar surface area (TPSA) is 47.9 Å². The minimum absolute atomic E-state index is 0.683. The second kappa shape index (κ2) is 6.04. The third-order valence-corrected chi connectivity index (χ3v) is 3.78. The second-order valence-electron chi connectivity index (χ2n) is 4.38. The molecule has 2 rings (SSSR count). The van der Waals surface area contributed by atoms with E-state index in [2.05, 4.69) is 32.6 Å². The van der Waals surface area contributed by atoms with Crippen LogP contribution < -0.4 is 10.6 Å². The zero-order valence-electron chi connectivity index (χ0n) is 9.67. The molecule has 1 aromatic carbocycles. The Morgan fingerprint density at radius 3 is 3.06 bits per heavy atom. The minimum Gasteiger partial charge on any atom is -0.384 e. The van der Waals surface area contributed by atoms with E-state index in [1.54, 1.807) is 0 Å². The molecule has 90 valence electrons. The Bertz CT molecular complexity index is 419. The molecule has 0 bridgehead atoms. The normalized spacial score (nSPS) is 18.9. The van der Waals surface area contributed by atoms with Gasteiger partial charge in [-0.1, -0.05) is 0 Å². The number of nitriles is 1. The van der Waals surface area contributed by atoms with Gasteiger partial charge in [-0.05, 0) is 66.0 Å². The van der Waals surface area contributed by atoms with Gasteiger partial charge in [0.05, 0.1) is 11.6 Å². The fourth-order valence-corrected chi connectivity index (χ4v) is 2.62. The van der Waals surface area contributed by atoms with Crippen LogP contribution in [0.3, 0.4) is 0 Å². The van der Waals surface area contributed by atoms with Gasteiger partial charge in [-0.25, -0.2) is 0 Å². The maximum absolute atomic E-state index is 8.77. The third kappa shape index (κ3) is 3.45. The van der Waals surface area contributed by atoms with Crippen molar-refractivity contribution in [1.82, 2.24) is 5.32 Å². The van der Waals surface area contributed by atoms with Crippen molar-refractivity contribution in [2.24, 2.45) is 5.92 Å². The summed E-state index contributed by atoms with van der Waals surface area (Å²) >= 11 is 3.48. The summed E-state index contributed by atoms with van der Waals surface area (Å²) in [5, 5.41) is 15.6. The first kappa shape index (κ1) is 12.4. The van der Waals surface area contributed by atoms with Gasteiger partial charge in [0.25, 0.3) is 0 Å². The van der Waals surface area contributed by atoms with E-state index in [0.717, 1.165) is 35.7 Å². The van der Waals surface area contributed by atoms with Crippen LogP contribution in [0.15, 0.2) is 22.7 Å². The van der Waals surface area contributed by atoms with Crippen molar-refractivity contribution in [3.63, 3.8) is 0 Å². The SMILES string of the molecule is N#Cc1ccc(NCCC2CCNC2)c(Br)c1. The van der Waals surface area contributed by atoms with Gasteiger partial charge in [0.15, 0.2) is 0 Å². The van der Waals surface area contributed by atoms with E-state index in [1.165, 1.54) is 12.8 Å². The van der Waals surface area contributed by atoms with Gasteiger partial charge in [-0.2, -0.15) is 5.26 Å².